The van der Waals surface area contributed by atoms with Crippen LogP contribution in [0, 0.1) is 0 Å². The molecule has 0 bridgehead atoms. The number of rotatable bonds is 38. The number of carbonyl (C=O) groups excluding carboxylic acids is 1. The molecule has 1 amide bonds. The van der Waals surface area contributed by atoms with E-state index < -0.39 is 38.8 Å². The summed E-state index contributed by atoms with van der Waals surface area (Å²) in [5.41, 5.74) is 0. The Morgan fingerprint density at radius 1 is 0.672 bits per heavy atom. The summed E-state index contributed by atoms with van der Waals surface area (Å²) in [5.74, 6) is -0.319. The van der Waals surface area contributed by atoms with Gasteiger partial charge >= 0.3 is 7.82 Å². The summed E-state index contributed by atoms with van der Waals surface area (Å²) in [5, 5.41) is 33.8. The fourth-order valence-corrected chi connectivity index (χ4v) is 6.46. The Morgan fingerprint density at radius 2 is 1.24 bits per heavy atom. The minimum atomic E-state index is -4.40. The van der Waals surface area contributed by atoms with Crippen LogP contribution in [0.3, 0.4) is 0 Å². The molecule has 0 rings (SSSR count). The maximum absolute atomic E-state index is 12.9. The smallest absolute Gasteiger partial charge is 0.389 e. The van der Waals surface area contributed by atoms with Gasteiger partial charge < -0.3 is 30.0 Å². The van der Waals surface area contributed by atoms with E-state index in [2.05, 4.69) is 19.2 Å². The van der Waals surface area contributed by atoms with Crippen molar-refractivity contribution in [2.75, 3.05) is 40.9 Å². The van der Waals surface area contributed by atoms with Crippen LogP contribution in [0.4, 0.5) is 0 Å². The molecule has 11 heteroatoms. The van der Waals surface area contributed by atoms with Crippen LogP contribution in [-0.4, -0.2) is 95.9 Å². The van der Waals surface area contributed by atoms with Gasteiger partial charge in [0.25, 0.3) is 0 Å². The van der Waals surface area contributed by atoms with Gasteiger partial charge in [-0.25, -0.2) is 4.57 Å². The number of quaternary nitrogens is 1. The SMILES string of the molecule is CC/C=C\C[C@H](O)/C=C/C=C\C/C=C\C=C\[C@H](O)/C=C\CCCC(=O)N[C@@H](COP(=O)(O)OCC[N+](C)(C)C)[C@H](O)/C=C/CCCCCCCCCCCCCCC. The molecule has 1 unspecified atom stereocenters. The molecule has 5 atom stereocenters. The van der Waals surface area contributed by atoms with E-state index in [4.69, 9.17) is 9.05 Å². The monoisotopic (exact) mass is 836 g/mol. The van der Waals surface area contributed by atoms with Gasteiger partial charge in [0, 0.05) is 6.42 Å². The van der Waals surface area contributed by atoms with E-state index >= 15 is 0 Å². The third kappa shape index (κ3) is 39.1. The zero-order valence-electron chi connectivity index (χ0n) is 37.0. The number of nitrogens with one attached hydrogen (secondary N) is 1. The fraction of sp³-hybridized carbons (Fsp3) is 0.681. The molecular formula is C47H84N2O8P+. The van der Waals surface area contributed by atoms with Gasteiger partial charge in [0.2, 0.25) is 5.91 Å². The molecule has 0 saturated carbocycles. The largest absolute Gasteiger partial charge is 0.472 e. The highest BCUT2D eigenvalue weighted by Gasteiger charge is 2.27. The van der Waals surface area contributed by atoms with Crippen LogP contribution in [0.25, 0.3) is 0 Å². The minimum Gasteiger partial charge on any atom is -0.389 e. The maximum Gasteiger partial charge on any atom is 0.472 e. The van der Waals surface area contributed by atoms with Crippen molar-refractivity contribution in [1.82, 2.24) is 5.32 Å². The molecule has 0 aromatic carbocycles. The lowest BCUT2D eigenvalue weighted by molar-refractivity contribution is -0.870. The van der Waals surface area contributed by atoms with Crippen molar-refractivity contribution in [2.24, 2.45) is 0 Å². The molecular weight excluding hydrogens is 751 g/mol. The van der Waals surface area contributed by atoms with Gasteiger partial charge in [-0.1, -0.05) is 176 Å². The van der Waals surface area contributed by atoms with Gasteiger partial charge in [-0.05, 0) is 44.9 Å². The Kier molecular flexibility index (Phi) is 36.0. The van der Waals surface area contributed by atoms with Gasteiger partial charge in [-0.2, -0.15) is 0 Å². The van der Waals surface area contributed by atoms with E-state index in [0.29, 0.717) is 30.3 Å². The number of unbranched alkanes of at least 4 members (excludes halogenated alkanes) is 14. The first-order valence-corrected chi connectivity index (χ1v) is 23.7. The highest BCUT2D eigenvalue weighted by molar-refractivity contribution is 7.47. The number of nitrogens with zero attached hydrogens (tertiary/aromatic N) is 1. The van der Waals surface area contributed by atoms with Gasteiger partial charge in [0.05, 0.1) is 52.1 Å². The van der Waals surface area contributed by atoms with Crippen LogP contribution in [0.5, 0.6) is 0 Å². The first kappa shape index (κ1) is 55.6. The normalized spacial score (nSPS) is 16.2. The molecule has 0 heterocycles. The summed E-state index contributed by atoms with van der Waals surface area (Å²) in [6.45, 7) is 4.44. The van der Waals surface area contributed by atoms with Crippen LogP contribution < -0.4 is 5.32 Å². The molecule has 0 aliphatic heterocycles. The van der Waals surface area contributed by atoms with E-state index in [0.717, 1.165) is 32.1 Å². The van der Waals surface area contributed by atoms with Crippen LogP contribution >= 0.6 is 7.82 Å². The molecule has 0 spiro atoms. The number of phosphoric acid groups is 1. The lowest BCUT2D eigenvalue weighted by Gasteiger charge is -2.25. The number of amides is 1. The number of aliphatic hydroxyl groups is 3. The first-order chi connectivity index (χ1) is 27.8. The molecule has 58 heavy (non-hydrogen) atoms. The lowest BCUT2D eigenvalue weighted by Crippen LogP contribution is -2.45. The van der Waals surface area contributed by atoms with Gasteiger partial charge in [0.15, 0.2) is 0 Å². The van der Waals surface area contributed by atoms with Crippen molar-refractivity contribution < 1.29 is 43.1 Å². The predicted molar refractivity (Wildman–Crippen MR) is 242 cm³/mol. The second-order valence-corrected chi connectivity index (χ2v) is 17.5. The molecule has 5 N–H and O–H groups in total. The van der Waals surface area contributed by atoms with Crippen LogP contribution in [-0.2, 0) is 18.4 Å². The summed E-state index contributed by atoms with van der Waals surface area (Å²) in [7, 11) is 1.43. The van der Waals surface area contributed by atoms with Crippen molar-refractivity contribution in [2.45, 2.75) is 167 Å². The third-order valence-corrected chi connectivity index (χ3v) is 10.3. The molecule has 0 aromatic rings. The van der Waals surface area contributed by atoms with Crippen molar-refractivity contribution in [3.8, 4) is 0 Å². The minimum absolute atomic E-state index is 0.0190. The van der Waals surface area contributed by atoms with E-state index in [1.807, 2.05) is 75.8 Å². The molecule has 0 aliphatic rings. The Labute approximate surface area is 353 Å². The standard InChI is InChI=1S/C47H83N2O8P/c1-6-8-10-11-12-13-14-15-16-17-18-19-23-26-32-38-46(52)45(42-57-58(54,55)56-41-40-49(3,4)5)48-47(53)39-33-27-31-37-44(51)36-30-25-22-20-21-24-29-35-43(50)34-28-9-7-2/h9,21-22,24-25,28-32,35-38,43-46,50-52H,6-8,10-20,23,26-27,33-34,39-42H2,1-5H3,(H-,48,53,54,55)/p+1/b24-21-,25-22-,28-9-,35-29+,36-30+,37-31-,38-32+/t43-,44-,45-,46+/m0/s1. The second-order valence-electron chi connectivity index (χ2n) is 16.1. The average molecular weight is 836 g/mol. The van der Waals surface area contributed by atoms with Gasteiger partial charge in [0.1, 0.15) is 13.2 Å². The fourth-order valence-electron chi connectivity index (χ4n) is 5.72. The molecule has 0 saturated heterocycles. The van der Waals surface area contributed by atoms with E-state index in [9.17, 15) is 29.6 Å². The number of hydrogen-bond donors (Lipinski definition) is 5. The summed E-state index contributed by atoms with van der Waals surface area (Å²) in [6.07, 6.45) is 44.3. The number of phosphoric ester groups is 1. The van der Waals surface area contributed by atoms with E-state index in [1.165, 1.54) is 70.6 Å². The topological polar surface area (TPSA) is 146 Å². The molecule has 10 nitrogen and oxygen atoms in total. The van der Waals surface area contributed by atoms with E-state index in [-0.39, 0.29) is 18.9 Å². The Bertz CT molecular complexity index is 1250. The zero-order valence-corrected chi connectivity index (χ0v) is 37.9. The Hall–Kier alpha value is -2.40. The summed E-state index contributed by atoms with van der Waals surface area (Å²) in [4.78, 5) is 23.1. The molecule has 0 fully saturated rings. The van der Waals surface area contributed by atoms with E-state index in [1.54, 1.807) is 30.4 Å². The first-order valence-electron chi connectivity index (χ1n) is 22.2. The average Bonchev–Trinajstić information content (AvgIpc) is 3.16. The van der Waals surface area contributed by atoms with Gasteiger partial charge in [-0.3, -0.25) is 13.8 Å². The van der Waals surface area contributed by atoms with Crippen LogP contribution in [0.2, 0.25) is 0 Å². The summed E-state index contributed by atoms with van der Waals surface area (Å²) in [6, 6.07) is -0.939. The second kappa shape index (κ2) is 37.6. The van der Waals surface area contributed by atoms with Crippen LogP contribution in [0.15, 0.2) is 85.1 Å². The van der Waals surface area contributed by atoms with Crippen molar-refractivity contribution in [3.05, 3.63) is 85.1 Å². The quantitative estimate of drug-likeness (QED) is 0.0136. The molecule has 334 valence electrons. The predicted octanol–water partition coefficient (Wildman–Crippen LogP) is 10.1. The molecule has 0 aromatic heterocycles. The summed E-state index contributed by atoms with van der Waals surface area (Å²) < 4.78 is 23.5. The summed E-state index contributed by atoms with van der Waals surface area (Å²) >= 11 is 0. The maximum atomic E-state index is 12.9. The highest BCUT2D eigenvalue weighted by Crippen LogP contribution is 2.43. The molecule has 0 aliphatic carbocycles. The van der Waals surface area contributed by atoms with Crippen molar-refractivity contribution in [3.63, 3.8) is 0 Å². The third-order valence-electron chi connectivity index (χ3n) is 9.30. The Balaban J connectivity index is 4.73. The van der Waals surface area contributed by atoms with Crippen molar-refractivity contribution in [1.29, 1.82) is 0 Å². The number of likely N-dealkylation sites (N-methyl/N-ethyl adjacent to an activating group) is 1. The molecule has 0 radical (unpaired) electrons. The number of hydrogen-bond acceptors (Lipinski definition) is 7. The zero-order chi connectivity index (χ0) is 43.2. The number of aliphatic hydroxyl groups excluding tert-OH is 3. The number of allylic oxidation sites excluding steroid dienone is 9. The highest BCUT2D eigenvalue weighted by atomic mass is 31.2. The lowest BCUT2D eigenvalue weighted by atomic mass is 10.0. The number of carbonyl (C=O) groups is 1. The van der Waals surface area contributed by atoms with Crippen molar-refractivity contribution >= 4 is 13.7 Å². The van der Waals surface area contributed by atoms with Crippen LogP contribution in [0.1, 0.15) is 142 Å². The van der Waals surface area contributed by atoms with Gasteiger partial charge in [-0.15, -0.1) is 0 Å². The Morgan fingerprint density at radius 3 is 1.84 bits per heavy atom.